The molecule has 1 heterocycles. The highest BCUT2D eigenvalue weighted by molar-refractivity contribution is 6.19. The Bertz CT molecular complexity index is 227. The lowest BCUT2D eigenvalue weighted by atomic mass is 10.1. The second-order valence-electron chi connectivity index (χ2n) is 2.79. The number of amides is 1. The van der Waals surface area contributed by atoms with Crippen molar-refractivity contribution < 1.29 is 14.4 Å². The molecule has 1 fully saturated rings. The van der Waals surface area contributed by atoms with Gasteiger partial charge in [0, 0.05) is 0 Å². The molecule has 1 aliphatic rings. The number of carbonyl (C=O) groups excluding carboxylic acids is 2. The minimum absolute atomic E-state index is 0.115. The Morgan fingerprint density at radius 2 is 2.15 bits per heavy atom. The quantitative estimate of drug-likeness (QED) is 0.399. The summed E-state index contributed by atoms with van der Waals surface area (Å²) in [5.74, 6) is -1.03. The summed E-state index contributed by atoms with van der Waals surface area (Å²) in [6, 6.07) is 0. The summed E-state index contributed by atoms with van der Waals surface area (Å²) in [5.41, 5.74) is 2.11. The van der Waals surface area contributed by atoms with Crippen molar-refractivity contribution in [2.24, 2.45) is 0 Å². The number of rotatable bonds is 4. The normalized spacial score (nSPS) is 19.0. The Balaban J connectivity index is 2.40. The molecule has 1 N–H and O–H groups in total. The highest BCUT2D eigenvalue weighted by Gasteiger charge is 2.27. The van der Waals surface area contributed by atoms with Crippen LogP contribution in [0.3, 0.4) is 0 Å². The first-order valence-corrected chi connectivity index (χ1v) is 4.26. The first-order chi connectivity index (χ1) is 6.25. The zero-order chi connectivity index (χ0) is 9.68. The van der Waals surface area contributed by atoms with E-state index in [1.807, 2.05) is 5.48 Å². The lowest BCUT2D eigenvalue weighted by Gasteiger charge is -1.91. The Hall–Kier alpha value is -1.32. The fourth-order valence-corrected chi connectivity index (χ4v) is 1.04. The molecular weight excluding hydrogens is 170 g/mol. The van der Waals surface area contributed by atoms with E-state index in [-0.39, 0.29) is 5.57 Å². The molecule has 71 valence electrons. The second-order valence-corrected chi connectivity index (χ2v) is 2.79. The smallest absolute Gasteiger partial charge is 0.335 e. The largest absolute Gasteiger partial charge is 0.368 e. The minimum atomic E-state index is -0.584. The van der Waals surface area contributed by atoms with Gasteiger partial charge in [-0.3, -0.25) is 4.79 Å². The molecule has 0 aromatic heterocycles. The molecule has 0 saturated carbocycles. The van der Waals surface area contributed by atoms with Crippen molar-refractivity contribution in [2.75, 3.05) is 0 Å². The van der Waals surface area contributed by atoms with Crippen LogP contribution in [0.4, 0.5) is 0 Å². The van der Waals surface area contributed by atoms with Gasteiger partial charge in [0.25, 0.3) is 5.91 Å². The molecule has 0 bridgehead atoms. The molecule has 0 atom stereocenters. The van der Waals surface area contributed by atoms with Gasteiger partial charge in [0.1, 0.15) is 5.57 Å². The third-order valence-electron chi connectivity index (χ3n) is 1.75. The van der Waals surface area contributed by atoms with Crippen LogP contribution in [0, 0.1) is 6.92 Å². The van der Waals surface area contributed by atoms with E-state index in [1.54, 1.807) is 6.08 Å². The third kappa shape index (κ3) is 2.57. The molecule has 4 nitrogen and oxygen atoms in total. The van der Waals surface area contributed by atoms with Gasteiger partial charge in [-0.25, -0.2) is 4.79 Å². The van der Waals surface area contributed by atoms with Crippen LogP contribution in [0.25, 0.3) is 0 Å². The Morgan fingerprint density at radius 1 is 1.38 bits per heavy atom. The topological polar surface area (TPSA) is 55.4 Å². The van der Waals surface area contributed by atoms with Crippen molar-refractivity contribution >= 4 is 11.9 Å². The van der Waals surface area contributed by atoms with Crippen LogP contribution >= 0.6 is 0 Å². The number of allylic oxidation sites excluding steroid dienone is 1. The lowest BCUT2D eigenvalue weighted by Crippen LogP contribution is -2.12. The zero-order valence-corrected chi connectivity index (χ0v) is 7.34. The SMILES string of the molecule is [CH2]CCCCC=C1C(=O)NOC1=O. The maximum Gasteiger partial charge on any atom is 0.368 e. The Morgan fingerprint density at radius 3 is 2.69 bits per heavy atom. The third-order valence-corrected chi connectivity index (χ3v) is 1.75. The zero-order valence-electron chi connectivity index (χ0n) is 7.34. The van der Waals surface area contributed by atoms with Crippen LogP contribution in [0.1, 0.15) is 25.7 Å². The average molecular weight is 182 g/mol. The predicted molar refractivity (Wildman–Crippen MR) is 46.1 cm³/mol. The summed E-state index contributed by atoms with van der Waals surface area (Å²) in [6.45, 7) is 3.69. The van der Waals surface area contributed by atoms with E-state index >= 15 is 0 Å². The van der Waals surface area contributed by atoms with E-state index in [9.17, 15) is 9.59 Å². The van der Waals surface area contributed by atoms with Crippen molar-refractivity contribution in [1.82, 2.24) is 5.48 Å². The highest BCUT2D eigenvalue weighted by Crippen LogP contribution is 2.08. The number of hydrogen-bond acceptors (Lipinski definition) is 3. The molecule has 0 aromatic rings. The average Bonchev–Trinajstić information content (AvgIpc) is 2.42. The molecule has 1 amide bonds. The van der Waals surface area contributed by atoms with Gasteiger partial charge in [0.05, 0.1) is 0 Å². The maximum atomic E-state index is 10.9. The van der Waals surface area contributed by atoms with Gasteiger partial charge < -0.3 is 4.84 Å². The van der Waals surface area contributed by atoms with Gasteiger partial charge in [-0.1, -0.05) is 25.8 Å². The molecule has 0 aromatic carbocycles. The van der Waals surface area contributed by atoms with E-state index in [1.165, 1.54) is 0 Å². The van der Waals surface area contributed by atoms with Crippen LogP contribution in [-0.2, 0) is 14.4 Å². The van der Waals surface area contributed by atoms with Gasteiger partial charge >= 0.3 is 5.97 Å². The fourth-order valence-electron chi connectivity index (χ4n) is 1.04. The minimum Gasteiger partial charge on any atom is -0.335 e. The van der Waals surface area contributed by atoms with Crippen LogP contribution in [-0.4, -0.2) is 11.9 Å². The number of hydrogen-bond donors (Lipinski definition) is 1. The monoisotopic (exact) mass is 182 g/mol. The summed E-state index contributed by atoms with van der Waals surface area (Å²) in [7, 11) is 0. The first kappa shape index (κ1) is 9.77. The van der Waals surface area contributed by atoms with Crippen LogP contribution < -0.4 is 5.48 Å². The van der Waals surface area contributed by atoms with Gasteiger partial charge in [0.2, 0.25) is 0 Å². The van der Waals surface area contributed by atoms with Crippen molar-refractivity contribution in [1.29, 1.82) is 0 Å². The molecule has 1 aliphatic heterocycles. The van der Waals surface area contributed by atoms with E-state index in [4.69, 9.17) is 0 Å². The number of hydroxylamine groups is 1. The lowest BCUT2D eigenvalue weighted by molar-refractivity contribution is -0.143. The van der Waals surface area contributed by atoms with E-state index in [2.05, 4.69) is 11.8 Å². The molecule has 13 heavy (non-hydrogen) atoms. The van der Waals surface area contributed by atoms with E-state index in [0.717, 1.165) is 19.3 Å². The Labute approximate surface area is 76.9 Å². The van der Waals surface area contributed by atoms with Crippen LogP contribution in [0.5, 0.6) is 0 Å². The molecule has 0 aliphatic carbocycles. The maximum absolute atomic E-state index is 10.9. The first-order valence-electron chi connectivity index (χ1n) is 4.26. The van der Waals surface area contributed by atoms with Crippen molar-refractivity contribution in [3.63, 3.8) is 0 Å². The van der Waals surface area contributed by atoms with Gasteiger partial charge in [-0.15, -0.1) is 0 Å². The van der Waals surface area contributed by atoms with Gasteiger partial charge in [-0.05, 0) is 12.8 Å². The molecule has 0 spiro atoms. The second kappa shape index (κ2) is 4.64. The molecule has 0 unspecified atom stereocenters. The molecule has 4 heteroatoms. The van der Waals surface area contributed by atoms with Gasteiger partial charge in [-0.2, -0.15) is 5.48 Å². The van der Waals surface area contributed by atoms with Crippen molar-refractivity contribution in [3.8, 4) is 0 Å². The molecular formula is C9H12NO3. The summed E-state index contributed by atoms with van der Waals surface area (Å²) in [6.07, 6.45) is 5.14. The Kier molecular flexibility index (Phi) is 3.49. The van der Waals surface area contributed by atoms with E-state index in [0.29, 0.717) is 6.42 Å². The van der Waals surface area contributed by atoms with Crippen LogP contribution in [0.2, 0.25) is 0 Å². The summed E-state index contributed by atoms with van der Waals surface area (Å²) < 4.78 is 0. The molecule has 1 saturated heterocycles. The predicted octanol–water partition coefficient (Wildman–Crippen LogP) is 0.895. The molecule has 1 radical (unpaired) electrons. The van der Waals surface area contributed by atoms with Crippen molar-refractivity contribution in [2.45, 2.75) is 25.7 Å². The van der Waals surface area contributed by atoms with Crippen LogP contribution in [0.15, 0.2) is 11.6 Å². The van der Waals surface area contributed by atoms with Crippen molar-refractivity contribution in [3.05, 3.63) is 18.6 Å². The molecule has 1 rings (SSSR count). The highest BCUT2D eigenvalue weighted by atomic mass is 16.7. The van der Waals surface area contributed by atoms with Gasteiger partial charge in [0.15, 0.2) is 0 Å². The fraction of sp³-hybridized carbons (Fsp3) is 0.444. The summed E-state index contributed by atoms with van der Waals surface area (Å²) >= 11 is 0. The summed E-state index contributed by atoms with van der Waals surface area (Å²) in [4.78, 5) is 26.1. The standard InChI is InChI=1S/C9H12NO3/c1-2-3-4-5-6-7-8(11)10-13-9(7)12/h6H,1-5H2,(H,10,11). The summed E-state index contributed by atoms with van der Waals surface area (Å²) in [5, 5.41) is 0. The van der Waals surface area contributed by atoms with E-state index < -0.39 is 11.9 Å². The number of nitrogens with one attached hydrogen (secondary N) is 1. The number of unbranched alkanes of at least 4 members (excludes halogenated alkanes) is 3. The number of carbonyl (C=O) groups is 2.